The van der Waals surface area contributed by atoms with Gasteiger partial charge in [0.1, 0.15) is 25.3 Å². The minimum absolute atomic E-state index is 0.0169. The van der Waals surface area contributed by atoms with Gasteiger partial charge in [0.15, 0.2) is 0 Å². The summed E-state index contributed by atoms with van der Waals surface area (Å²) in [5.74, 6) is -1.37. The van der Waals surface area contributed by atoms with Gasteiger partial charge in [-0.2, -0.15) is 0 Å². The lowest BCUT2D eigenvalue weighted by atomic mass is 10.1. The number of hydrogen-bond donors (Lipinski definition) is 3. The third-order valence-corrected chi connectivity index (χ3v) is 4.19. The van der Waals surface area contributed by atoms with Crippen molar-refractivity contribution in [3.8, 4) is 0 Å². The highest BCUT2D eigenvalue weighted by molar-refractivity contribution is 5.89. The van der Waals surface area contributed by atoms with Crippen molar-refractivity contribution in [3.05, 3.63) is 71.8 Å². The van der Waals surface area contributed by atoms with Gasteiger partial charge in [-0.1, -0.05) is 60.7 Å². The first kappa shape index (κ1) is 22.9. The van der Waals surface area contributed by atoms with Crippen LogP contribution < -0.4 is 10.6 Å². The summed E-state index contributed by atoms with van der Waals surface area (Å²) in [6.45, 7) is 2.89. The Morgan fingerprint density at radius 3 is 1.83 bits per heavy atom. The molecular weight excluding hydrogens is 388 g/mol. The molecule has 3 N–H and O–H groups in total. The van der Waals surface area contributed by atoms with Crippen molar-refractivity contribution in [1.29, 1.82) is 0 Å². The van der Waals surface area contributed by atoms with Crippen molar-refractivity contribution in [1.82, 2.24) is 10.6 Å². The van der Waals surface area contributed by atoms with Gasteiger partial charge in [0, 0.05) is 0 Å². The standard InChI is InChI=1S/C22H26N2O6/c1-15(21(27)29-13-17-9-5-3-6-10-17)23-20(26)19(16(2)25)24-22(28)30-14-18-11-7-4-8-12-18/h3-12,15-16,19,25H,13-14H2,1-2H3,(H,23,26)(H,24,28)/t15-,16+,19-/m0/s1. The van der Waals surface area contributed by atoms with Gasteiger partial charge in [0.05, 0.1) is 6.10 Å². The van der Waals surface area contributed by atoms with Gasteiger partial charge in [-0.05, 0) is 25.0 Å². The molecule has 0 unspecified atom stereocenters. The average Bonchev–Trinajstić information content (AvgIpc) is 2.75. The third kappa shape index (κ3) is 7.56. The van der Waals surface area contributed by atoms with Crippen LogP contribution in [0.1, 0.15) is 25.0 Å². The van der Waals surface area contributed by atoms with Crippen LogP contribution in [0.5, 0.6) is 0 Å². The summed E-state index contributed by atoms with van der Waals surface area (Å²) in [6, 6.07) is 15.9. The molecule has 0 aliphatic carbocycles. The normalized spacial score (nSPS) is 13.4. The first-order chi connectivity index (χ1) is 14.4. The first-order valence-electron chi connectivity index (χ1n) is 9.53. The highest BCUT2D eigenvalue weighted by atomic mass is 16.5. The van der Waals surface area contributed by atoms with E-state index in [9.17, 15) is 19.5 Å². The van der Waals surface area contributed by atoms with Crippen molar-refractivity contribution < 1.29 is 29.0 Å². The summed E-state index contributed by atoms with van der Waals surface area (Å²) >= 11 is 0. The lowest BCUT2D eigenvalue weighted by Gasteiger charge is -2.22. The summed E-state index contributed by atoms with van der Waals surface area (Å²) in [5, 5.41) is 14.6. The van der Waals surface area contributed by atoms with Gasteiger partial charge in [0.25, 0.3) is 0 Å². The van der Waals surface area contributed by atoms with Crippen LogP contribution in [0, 0.1) is 0 Å². The minimum Gasteiger partial charge on any atom is -0.459 e. The zero-order valence-electron chi connectivity index (χ0n) is 16.9. The lowest BCUT2D eigenvalue weighted by Crippen LogP contribution is -2.55. The highest BCUT2D eigenvalue weighted by Crippen LogP contribution is 2.04. The molecule has 0 heterocycles. The SMILES string of the molecule is C[C@H](NC(=O)[C@@H](NC(=O)OCc1ccccc1)[C@@H](C)O)C(=O)OCc1ccccc1. The smallest absolute Gasteiger partial charge is 0.408 e. The van der Waals surface area contributed by atoms with E-state index in [0.29, 0.717) is 0 Å². The molecule has 0 saturated carbocycles. The second-order valence-electron chi connectivity index (χ2n) is 6.75. The Hall–Kier alpha value is -3.39. The molecular formula is C22H26N2O6. The van der Waals surface area contributed by atoms with Crippen LogP contribution >= 0.6 is 0 Å². The molecule has 0 aromatic heterocycles. The Balaban J connectivity index is 1.83. The number of aliphatic hydroxyl groups is 1. The number of carbonyl (C=O) groups is 3. The van der Waals surface area contributed by atoms with Crippen molar-refractivity contribution in [2.45, 2.75) is 45.2 Å². The fourth-order valence-corrected chi connectivity index (χ4v) is 2.51. The number of amides is 2. The summed E-state index contributed by atoms with van der Waals surface area (Å²) in [5.41, 5.74) is 1.59. The van der Waals surface area contributed by atoms with E-state index in [4.69, 9.17) is 9.47 Å². The number of nitrogens with one attached hydrogen (secondary N) is 2. The van der Waals surface area contributed by atoms with Gasteiger partial charge in [-0.3, -0.25) is 4.79 Å². The van der Waals surface area contributed by atoms with Gasteiger partial charge in [-0.15, -0.1) is 0 Å². The molecule has 8 heteroatoms. The number of alkyl carbamates (subject to hydrolysis) is 1. The van der Waals surface area contributed by atoms with Crippen LogP contribution in [0.25, 0.3) is 0 Å². The van der Waals surface area contributed by atoms with E-state index in [1.54, 1.807) is 24.3 Å². The van der Waals surface area contributed by atoms with Crippen molar-refractivity contribution in [2.24, 2.45) is 0 Å². The summed E-state index contributed by atoms with van der Waals surface area (Å²) in [4.78, 5) is 36.5. The number of rotatable bonds is 9. The highest BCUT2D eigenvalue weighted by Gasteiger charge is 2.29. The summed E-state index contributed by atoms with van der Waals surface area (Å²) < 4.78 is 10.2. The number of ether oxygens (including phenoxy) is 2. The summed E-state index contributed by atoms with van der Waals surface area (Å²) in [7, 11) is 0. The van der Waals surface area contributed by atoms with Crippen LogP contribution in [-0.2, 0) is 32.3 Å². The van der Waals surface area contributed by atoms with Crippen LogP contribution in [0.2, 0.25) is 0 Å². The maximum Gasteiger partial charge on any atom is 0.408 e. The lowest BCUT2D eigenvalue weighted by molar-refractivity contribution is -0.149. The number of aliphatic hydroxyl groups excluding tert-OH is 1. The van der Waals surface area contributed by atoms with Gasteiger partial charge in [0.2, 0.25) is 5.91 Å². The van der Waals surface area contributed by atoms with Crippen LogP contribution in [0.4, 0.5) is 4.79 Å². The molecule has 2 aromatic carbocycles. The van der Waals surface area contributed by atoms with Crippen LogP contribution in [0.15, 0.2) is 60.7 Å². The predicted molar refractivity (Wildman–Crippen MR) is 109 cm³/mol. The molecule has 8 nitrogen and oxygen atoms in total. The Labute approximate surface area is 175 Å². The van der Waals surface area contributed by atoms with Gasteiger partial charge < -0.3 is 25.2 Å². The number of esters is 1. The predicted octanol–water partition coefficient (Wildman–Crippen LogP) is 1.91. The maximum atomic E-state index is 12.4. The molecule has 2 aromatic rings. The van der Waals surface area contributed by atoms with Crippen LogP contribution in [-0.4, -0.2) is 41.3 Å². The molecule has 0 aliphatic heterocycles. The van der Waals surface area contributed by atoms with Gasteiger partial charge >= 0.3 is 12.1 Å². The molecule has 0 saturated heterocycles. The Kier molecular flexibility index (Phi) is 8.83. The Bertz CT molecular complexity index is 826. The van der Waals surface area contributed by atoms with Crippen molar-refractivity contribution in [2.75, 3.05) is 0 Å². The largest absolute Gasteiger partial charge is 0.459 e. The monoisotopic (exact) mass is 414 g/mol. The maximum absolute atomic E-state index is 12.4. The minimum atomic E-state index is -1.29. The molecule has 0 fully saturated rings. The molecule has 0 bridgehead atoms. The Morgan fingerprint density at radius 1 is 0.833 bits per heavy atom. The van der Waals surface area contributed by atoms with E-state index < -0.39 is 36.2 Å². The molecule has 0 aliphatic rings. The molecule has 3 atom stereocenters. The fraction of sp³-hybridized carbons (Fsp3) is 0.318. The van der Waals surface area contributed by atoms with Crippen LogP contribution in [0.3, 0.4) is 0 Å². The van der Waals surface area contributed by atoms with Crippen molar-refractivity contribution in [3.63, 3.8) is 0 Å². The van der Waals surface area contributed by atoms with E-state index in [2.05, 4.69) is 10.6 Å². The van der Waals surface area contributed by atoms with E-state index in [-0.39, 0.29) is 13.2 Å². The average molecular weight is 414 g/mol. The third-order valence-electron chi connectivity index (χ3n) is 4.19. The second kappa shape index (κ2) is 11.6. The molecule has 0 spiro atoms. The van der Waals surface area contributed by atoms with Gasteiger partial charge in [-0.25, -0.2) is 9.59 Å². The molecule has 2 amide bonds. The zero-order chi connectivity index (χ0) is 21.9. The number of hydrogen-bond acceptors (Lipinski definition) is 6. The molecule has 160 valence electrons. The van der Waals surface area contributed by atoms with E-state index in [1.807, 2.05) is 36.4 Å². The number of carbonyl (C=O) groups excluding carboxylic acids is 3. The van der Waals surface area contributed by atoms with E-state index in [0.717, 1.165) is 11.1 Å². The molecule has 0 radical (unpaired) electrons. The quantitative estimate of drug-likeness (QED) is 0.540. The Morgan fingerprint density at radius 2 is 1.33 bits per heavy atom. The van der Waals surface area contributed by atoms with Crippen molar-refractivity contribution >= 4 is 18.0 Å². The fourth-order valence-electron chi connectivity index (χ4n) is 2.51. The molecule has 30 heavy (non-hydrogen) atoms. The van der Waals surface area contributed by atoms with E-state index in [1.165, 1.54) is 13.8 Å². The van der Waals surface area contributed by atoms with E-state index >= 15 is 0 Å². The molecule has 2 rings (SSSR count). The second-order valence-corrected chi connectivity index (χ2v) is 6.75. The topological polar surface area (TPSA) is 114 Å². The first-order valence-corrected chi connectivity index (χ1v) is 9.53. The number of benzene rings is 2. The zero-order valence-corrected chi connectivity index (χ0v) is 16.9. The summed E-state index contributed by atoms with van der Waals surface area (Å²) in [6.07, 6.45) is -2.07.